The summed E-state index contributed by atoms with van der Waals surface area (Å²) in [5.41, 5.74) is 2.65. The minimum absolute atomic E-state index is 0.0725. The average molecular weight is 376 g/mol. The SMILES string of the molecule is Cc1c(C(O)CN2CC[N+](C(=O)[O-])(C(C)(C)C)CC2)ccc2c1COC2=O. The number of aliphatic hydroxyl groups excluding tert-OH is 1. The molecule has 7 nitrogen and oxygen atoms in total. The number of carboxylic acid groups (broad SMARTS) is 1. The first-order chi connectivity index (χ1) is 12.6. The number of rotatable bonds is 3. The van der Waals surface area contributed by atoms with Gasteiger partial charge in [0.15, 0.2) is 0 Å². The molecule has 2 aliphatic rings. The van der Waals surface area contributed by atoms with Crippen molar-refractivity contribution in [1.29, 1.82) is 0 Å². The zero-order valence-electron chi connectivity index (χ0n) is 16.4. The molecule has 1 fully saturated rings. The number of fused-ring (bicyclic) bond motifs is 1. The second-order valence-electron chi connectivity index (χ2n) is 8.55. The molecular formula is C20H28N2O5. The van der Waals surface area contributed by atoms with Gasteiger partial charge in [-0.15, -0.1) is 0 Å². The Kier molecular flexibility index (Phi) is 5.05. The highest BCUT2D eigenvalue weighted by atomic mass is 16.5. The van der Waals surface area contributed by atoms with E-state index in [0.717, 1.165) is 16.7 Å². The van der Waals surface area contributed by atoms with Crippen molar-refractivity contribution in [1.82, 2.24) is 4.90 Å². The monoisotopic (exact) mass is 376 g/mol. The van der Waals surface area contributed by atoms with Gasteiger partial charge in [-0.2, -0.15) is 0 Å². The molecule has 2 heterocycles. The molecule has 0 saturated carbocycles. The summed E-state index contributed by atoms with van der Waals surface area (Å²) in [6.07, 6.45) is -1.74. The smallest absolute Gasteiger partial charge is 0.338 e. The second kappa shape index (κ2) is 6.89. The third-order valence-electron chi connectivity index (χ3n) is 6.23. The maximum atomic E-state index is 11.8. The Hall–Kier alpha value is -1.96. The van der Waals surface area contributed by atoms with Gasteiger partial charge in [0.1, 0.15) is 6.61 Å². The molecule has 1 unspecified atom stereocenters. The number of nitrogens with zero attached hydrogens (tertiary/aromatic N) is 2. The van der Waals surface area contributed by atoms with Crippen molar-refractivity contribution in [2.24, 2.45) is 0 Å². The van der Waals surface area contributed by atoms with Crippen LogP contribution in [0.15, 0.2) is 12.1 Å². The van der Waals surface area contributed by atoms with Crippen LogP contribution in [0.4, 0.5) is 4.79 Å². The standard InChI is InChI=1S/C20H28N2O5/c1-13-14(5-6-15-16(13)12-27-18(15)24)17(23)11-21-7-9-22(10-8-21,19(25)26)20(2,3)4/h5-6,17,23H,7-12H2,1-4H3. The van der Waals surface area contributed by atoms with Crippen molar-refractivity contribution >= 4 is 12.1 Å². The molecule has 0 bridgehead atoms. The van der Waals surface area contributed by atoms with E-state index in [9.17, 15) is 19.8 Å². The van der Waals surface area contributed by atoms with Gasteiger partial charge in [0.2, 0.25) is 0 Å². The minimum atomic E-state index is -1.04. The van der Waals surface area contributed by atoms with Crippen LogP contribution in [0.3, 0.4) is 0 Å². The number of benzene rings is 1. The molecule has 0 aliphatic carbocycles. The highest BCUT2D eigenvalue weighted by Gasteiger charge is 2.45. The Balaban J connectivity index is 1.70. The van der Waals surface area contributed by atoms with Gasteiger partial charge in [0.05, 0.1) is 30.3 Å². The van der Waals surface area contributed by atoms with E-state index in [1.54, 1.807) is 12.1 Å². The molecule has 0 aromatic heterocycles. The molecular weight excluding hydrogens is 348 g/mol. The Morgan fingerprint density at radius 2 is 1.96 bits per heavy atom. The quantitative estimate of drug-likeness (QED) is 0.625. The summed E-state index contributed by atoms with van der Waals surface area (Å²) in [5.74, 6) is -0.316. The number of carbonyl (C=O) groups is 2. The summed E-state index contributed by atoms with van der Waals surface area (Å²) in [6.45, 7) is 10.4. The number of ether oxygens (including phenoxy) is 1. The van der Waals surface area contributed by atoms with Crippen LogP contribution in [-0.2, 0) is 11.3 Å². The Labute approximate surface area is 159 Å². The molecule has 148 valence electrons. The van der Waals surface area contributed by atoms with Crippen LogP contribution in [0, 0.1) is 6.92 Å². The maximum absolute atomic E-state index is 11.8. The van der Waals surface area contributed by atoms with Crippen LogP contribution in [0.1, 0.15) is 53.9 Å². The van der Waals surface area contributed by atoms with Gasteiger partial charge in [0.25, 0.3) is 6.09 Å². The van der Waals surface area contributed by atoms with E-state index in [1.807, 2.05) is 27.7 Å². The van der Waals surface area contributed by atoms with E-state index in [0.29, 0.717) is 38.3 Å². The highest BCUT2D eigenvalue weighted by Crippen LogP contribution is 2.31. The summed E-state index contributed by atoms with van der Waals surface area (Å²) in [4.78, 5) is 25.6. The van der Waals surface area contributed by atoms with E-state index in [4.69, 9.17) is 4.74 Å². The molecule has 1 atom stereocenters. The molecule has 7 heteroatoms. The number of esters is 1. The first-order valence-electron chi connectivity index (χ1n) is 9.35. The molecule has 0 radical (unpaired) electrons. The fourth-order valence-electron chi connectivity index (χ4n) is 4.23. The van der Waals surface area contributed by atoms with Crippen LogP contribution < -0.4 is 5.11 Å². The molecule has 1 aromatic carbocycles. The van der Waals surface area contributed by atoms with E-state index < -0.39 is 17.7 Å². The Morgan fingerprint density at radius 3 is 2.52 bits per heavy atom. The van der Waals surface area contributed by atoms with Crippen molar-refractivity contribution in [2.45, 2.75) is 45.9 Å². The van der Waals surface area contributed by atoms with E-state index in [1.165, 1.54) is 0 Å². The summed E-state index contributed by atoms with van der Waals surface area (Å²) >= 11 is 0. The van der Waals surface area contributed by atoms with Crippen molar-refractivity contribution in [3.8, 4) is 0 Å². The fourth-order valence-corrected chi connectivity index (χ4v) is 4.23. The predicted octanol–water partition coefficient (Wildman–Crippen LogP) is 0.973. The lowest BCUT2D eigenvalue weighted by molar-refractivity contribution is -0.923. The summed E-state index contributed by atoms with van der Waals surface area (Å²) in [7, 11) is 0. The number of carbonyl (C=O) groups excluding carboxylic acids is 2. The topological polar surface area (TPSA) is 89.9 Å². The lowest BCUT2D eigenvalue weighted by Gasteiger charge is -2.52. The zero-order valence-corrected chi connectivity index (χ0v) is 16.4. The van der Waals surface area contributed by atoms with Gasteiger partial charge in [0, 0.05) is 25.2 Å². The Morgan fingerprint density at radius 1 is 1.33 bits per heavy atom. The van der Waals surface area contributed by atoms with E-state index in [2.05, 4.69) is 4.90 Å². The van der Waals surface area contributed by atoms with Gasteiger partial charge >= 0.3 is 5.97 Å². The van der Waals surface area contributed by atoms with Gasteiger partial charge in [-0.3, -0.25) is 9.38 Å². The van der Waals surface area contributed by atoms with Crippen LogP contribution in [0.5, 0.6) is 0 Å². The average Bonchev–Trinajstić information content (AvgIpc) is 2.96. The van der Waals surface area contributed by atoms with Gasteiger partial charge in [-0.25, -0.2) is 4.79 Å². The normalized spacial score (nSPS) is 20.9. The molecule has 27 heavy (non-hydrogen) atoms. The number of hydrogen-bond donors (Lipinski definition) is 1. The van der Waals surface area contributed by atoms with Crippen LogP contribution >= 0.6 is 0 Å². The lowest BCUT2D eigenvalue weighted by atomic mass is 9.95. The maximum Gasteiger partial charge on any atom is 0.338 e. The van der Waals surface area contributed by atoms with E-state index >= 15 is 0 Å². The third-order valence-corrected chi connectivity index (χ3v) is 6.23. The fraction of sp³-hybridized carbons (Fsp3) is 0.600. The Bertz CT molecular complexity index is 760. The second-order valence-corrected chi connectivity index (χ2v) is 8.55. The van der Waals surface area contributed by atoms with Crippen molar-refractivity contribution in [2.75, 3.05) is 32.7 Å². The number of hydrogen-bond acceptors (Lipinski definition) is 6. The lowest BCUT2D eigenvalue weighted by Crippen LogP contribution is -2.73. The van der Waals surface area contributed by atoms with Gasteiger partial charge < -0.3 is 19.7 Å². The first-order valence-corrected chi connectivity index (χ1v) is 9.35. The molecule has 1 amide bonds. The van der Waals surface area contributed by atoms with Gasteiger partial charge in [-0.1, -0.05) is 6.07 Å². The number of aliphatic hydroxyl groups is 1. The highest BCUT2D eigenvalue weighted by molar-refractivity contribution is 5.93. The molecule has 1 N–H and O–H groups in total. The van der Waals surface area contributed by atoms with Crippen LogP contribution in [-0.4, -0.2) is 64.8 Å². The summed E-state index contributed by atoms with van der Waals surface area (Å²) < 4.78 is 5.00. The molecule has 3 rings (SSSR count). The number of quaternary nitrogens is 1. The van der Waals surface area contributed by atoms with Gasteiger partial charge in [-0.05, 0) is 44.9 Å². The summed E-state index contributed by atoms with van der Waals surface area (Å²) in [6, 6.07) is 3.50. The molecule has 1 saturated heterocycles. The molecule has 0 spiro atoms. The summed E-state index contributed by atoms with van der Waals surface area (Å²) in [5, 5.41) is 22.6. The largest absolute Gasteiger partial charge is 0.498 e. The number of cyclic esters (lactones) is 1. The number of piperazine rings is 1. The minimum Gasteiger partial charge on any atom is -0.498 e. The molecule has 1 aromatic rings. The van der Waals surface area contributed by atoms with E-state index in [-0.39, 0.29) is 17.1 Å². The van der Waals surface area contributed by atoms with Crippen molar-refractivity contribution in [3.63, 3.8) is 0 Å². The number of β-amino-alcohol motifs (C(OH)–C–C–N with tert-alkyl or cyclic N) is 1. The predicted molar refractivity (Wildman–Crippen MR) is 96.8 cm³/mol. The van der Waals surface area contributed by atoms with Crippen LogP contribution in [0.2, 0.25) is 0 Å². The van der Waals surface area contributed by atoms with Crippen molar-refractivity contribution < 1.29 is 29.0 Å². The first kappa shape index (κ1) is 19.8. The van der Waals surface area contributed by atoms with Crippen molar-refractivity contribution in [3.05, 3.63) is 34.4 Å². The zero-order chi connectivity index (χ0) is 20.0. The third kappa shape index (κ3) is 3.35. The molecule has 2 aliphatic heterocycles. The van der Waals surface area contributed by atoms with Crippen LogP contribution in [0.25, 0.3) is 0 Å². The number of amides is 1.